The second kappa shape index (κ2) is 6.22. The number of aromatic nitrogens is 1. The minimum atomic E-state index is -0.806. The van der Waals surface area contributed by atoms with Crippen molar-refractivity contribution >= 4 is 22.8 Å². The molecule has 1 aliphatic carbocycles. The smallest absolute Gasteiger partial charge is 0.308 e. The van der Waals surface area contributed by atoms with Gasteiger partial charge in [-0.3, -0.25) is 9.59 Å². The van der Waals surface area contributed by atoms with Crippen LogP contribution in [0.15, 0.2) is 36.5 Å². The minimum absolute atomic E-state index is 0.0732. The van der Waals surface area contributed by atoms with Gasteiger partial charge in [0.2, 0.25) is 5.91 Å². The van der Waals surface area contributed by atoms with Crippen LogP contribution in [0.5, 0.6) is 0 Å². The zero-order chi connectivity index (χ0) is 15.5. The lowest BCUT2D eigenvalue weighted by Gasteiger charge is -2.17. The number of carboxylic acid groups (broad SMARTS) is 1. The summed E-state index contributed by atoms with van der Waals surface area (Å²) in [6.45, 7) is 0.601. The molecule has 0 aliphatic heterocycles. The van der Waals surface area contributed by atoms with Crippen molar-refractivity contribution in [1.82, 2.24) is 9.88 Å². The molecule has 1 aliphatic rings. The summed E-state index contributed by atoms with van der Waals surface area (Å²) in [6.07, 6.45) is 4.62. The van der Waals surface area contributed by atoms with E-state index in [-0.39, 0.29) is 11.9 Å². The number of aliphatic carboxylic acids is 1. The van der Waals surface area contributed by atoms with Crippen molar-refractivity contribution in [2.75, 3.05) is 0 Å². The van der Waals surface area contributed by atoms with E-state index < -0.39 is 11.9 Å². The van der Waals surface area contributed by atoms with Crippen LogP contribution in [0.2, 0.25) is 0 Å². The summed E-state index contributed by atoms with van der Waals surface area (Å²) in [4.78, 5) is 23.2. The van der Waals surface area contributed by atoms with E-state index in [0.29, 0.717) is 19.4 Å². The van der Waals surface area contributed by atoms with E-state index in [9.17, 15) is 9.59 Å². The van der Waals surface area contributed by atoms with Gasteiger partial charge < -0.3 is 15.0 Å². The minimum Gasteiger partial charge on any atom is -0.481 e. The van der Waals surface area contributed by atoms with Crippen molar-refractivity contribution in [1.29, 1.82) is 0 Å². The van der Waals surface area contributed by atoms with Crippen LogP contribution in [0, 0.1) is 5.92 Å². The fraction of sp³-hybridized carbons (Fsp3) is 0.412. The molecule has 2 N–H and O–H groups in total. The summed E-state index contributed by atoms with van der Waals surface area (Å²) in [5.41, 5.74) is 1.11. The van der Waals surface area contributed by atoms with E-state index in [1.54, 1.807) is 0 Å². The quantitative estimate of drug-likeness (QED) is 0.890. The summed E-state index contributed by atoms with van der Waals surface area (Å²) >= 11 is 0. The highest BCUT2D eigenvalue weighted by atomic mass is 16.4. The maximum atomic E-state index is 12.1. The fourth-order valence-electron chi connectivity index (χ4n) is 3.26. The number of carbonyl (C=O) groups is 2. The summed E-state index contributed by atoms with van der Waals surface area (Å²) in [7, 11) is 0. The molecule has 1 saturated carbocycles. The third-order valence-corrected chi connectivity index (χ3v) is 4.44. The zero-order valence-corrected chi connectivity index (χ0v) is 12.4. The molecule has 1 amide bonds. The van der Waals surface area contributed by atoms with Crippen LogP contribution in [0.1, 0.15) is 25.7 Å². The average molecular weight is 300 g/mol. The first-order chi connectivity index (χ1) is 10.6. The lowest BCUT2D eigenvalue weighted by atomic mass is 10.0. The van der Waals surface area contributed by atoms with Gasteiger partial charge in [0.15, 0.2) is 0 Å². The first-order valence-corrected chi connectivity index (χ1v) is 7.71. The van der Waals surface area contributed by atoms with Gasteiger partial charge in [-0.15, -0.1) is 0 Å². The number of aryl methyl sites for hydroxylation is 1. The molecular weight excluding hydrogens is 280 g/mol. The molecular formula is C17H20N2O3. The Labute approximate surface area is 128 Å². The third kappa shape index (κ3) is 2.98. The van der Waals surface area contributed by atoms with Crippen LogP contribution in [0.4, 0.5) is 0 Å². The third-order valence-electron chi connectivity index (χ3n) is 4.44. The van der Waals surface area contributed by atoms with Crippen LogP contribution in [-0.2, 0) is 16.1 Å². The number of para-hydroxylation sites is 1. The standard InChI is InChI=1S/C17H20N2O3/c20-16(18-14-6-3-5-13(14)17(21)22)9-11-19-10-8-12-4-1-2-7-15(12)19/h1-2,4,7-8,10,13-14H,3,5-6,9,11H2,(H,18,20)(H,21,22)/t13-,14+/m1/s1. The number of hydrogen-bond donors (Lipinski definition) is 2. The highest BCUT2D eigenvalue weighted by molar-refractivity contribution is 5.81. The van der Waals surface area contributed by atoms with Gasteiger partial charge >= 0.3 is 5.97 Å². The first-order valence-electron chi connectivity index (χ1n) is 7.71. The summed E-state index contributed by atoms with van der Waals surface area (Å²) in [5.74, 6) is -1.31. The molecule has 22 heavy (non-hydrogen) atoms. The Hall–Kier alpha value is -2.30. The lowest BCUT2D eigenvalue weighted by molar-refractivity contribution is -0.142. The second-order valence-corrected chi connectivity index (χ2v) is 5.87. The molecule has 5 heteroatoms. The highest BCUT2D eigenvalue weighted by Crippen LogP contribution is 2.26. The molecule has 0 spiro atoms. The maximum absolute atomic E-state index is 12.1. The van der Waals surface area contributed by atoms with Gasteiger partial charge in [-0.1, -0.05) is 24.6 Å². The molecule has 1 aromatic carbocycles. The maximum Gasteiger partial charge on any atom is 0.308 e. The van der Waals surface area contributed by atoms with Crippen molar-refractivity contribution in [3.8, 4) is 0 Å². The Morgan fingerprint density at radius 1 is 1.23 bits per heavy atom. The molecule has 0 radical (unpaired) electrons. The first kappa shape index (κ1) is 14.6. The zero-order valence-electron chi connectivity index (χ0n) is 12.4. The molecule has 2 atom stereocenters. The Balaban J connectivity index is 1.57. The molecule has 1 aromatic heterocycles. The number of nitrogens with zero attached hydrogens (tertiary/aromatic N) is 1. The van der Waals surface area contributed by atoms with Crippen LogP contribution in [0.25, 0.3) is 10.9 Å². The average Bonchev–Trinajstić information content (AvgIpc) is 3.12. The van der Waals surface area contributed by atoms with Crippen molar-refractivity contribution in [2.45, 2.75) is 38.3 Å². The largest absolute Gasteiger partial charge is 0.481 e. The van der Waals surface area contributed by atoms with Crippen LogP contribution < -0.4 is 5.32 Å². The Morgan fingerprint density at radius 3 is 2.86 bits per heavy atom. The van der Waals surface area contributed by atoms with Crippen LogP contribution in [-0.4, -0.2) is 27.6 Å². The molecule has 116 valence electrons. The van der Waals surface area contributed by atoms with Gasteiger partial charge in [0, 0.05) is 30.7 Å². The summed E-state index contributed by atoms with van der Waals surface area (Å²) in [6, 6.07) is 9.86. The fourth-order valence-corrected chi connectivity index (χ4v) is 3.26. The van der Waals surface area contributed by atoms with Crippen LogP contribution in [0.3, 0.4) is 0 Å². The molecule has 2 aromatic rings. The number of nitrogens with one attached hydrogen (secondary N) is 1. The number of fused-ring (bicyclic) bond motifs is 1. The monoisotopic (exact) mass is 300 g/mol. The number of amides is 1. The molecule has 5 nitrogen and oxygen atoms in total. The molecule has 1 fully saturated rings. The molecule has 0 saturated heterocycles. The summed E-state index contributed by atoms with van der Waals surface area (Å²) in [5, 5.41) is 13.2. The lowest BCUT2D eigenvalue weighted by Crippen LogP contribution is -2.40. The van der Waals surface area contributed by atoms with Crippen molar-refractivity contribution in [2.24, 2.45) is 5.92 Å². The highest BCUT2D eigenvalue weighted by Gasteiger charge is 2.33. The van der Waals surface area contributed by atoms with Gasteiger partial charge in [0.25, 0.3) is 0 Å². The second-order valence-electron chi connectivity index (χ2n) is 5.87. The topological polar surface area (TPSA) is 71.3 Å². The Kier molecular flexibility index (Phi) is 4.13. The van der Waals surface area contributed by atoms with E-state index in [0.717, 1.165) is 23.7 Å². The molecule has 1 heterocycles. The van der Waals surface area contributed by atoms with E-state index in [1.807, 2.05) is 36.5 Å². The van der Waals surface area contributed by atoms with E-state index in [4.69, 9.17) is 5.11 Å². The van der Waals surface area contributed by atoms with Gasteiger partial charge in [-0.25, -0.2) is 0 Å². The normalized spacial score (nSPS) is 21.1. The molecule has 0 unspecified atom stereocenters. The van der Waals surface area contributed by atoms with Crippen molar-refractivity contribution in [3.63, 3.8) is 0 Å². The van der Waals surface area contributed by atoms with Gasteiger partial charge in [0.1, 0.15) is 0 Å². The van der Waals surface area contributed by atoms with Gasteiger partial charge in [0.05, 0.1) is 5.92 Å². The predicted molar refractivity (Wildman–Crippen MR) is 83.5 cm³/mol. The number of rotatable bonds is 5. The number of benzene rings is 1. The number of hydrogen-bond acceptors (Lipinski definition) is 2. The van der Waals surface area contributed by atoms with E-state index in [2.05, 4.69) is 9.88 Å². The molecule has 3 rings (SSSR count). The number of carbonyl (C=O) groups excluding carboxylic acids is 1. The van der Waals surface area contributed by atoms with E-state index in [1.165, 1.54) is 0 Å². The van der Waals surface area contributed by atoms with E-state index >= 15 is 0 Å². The summed E-state index contributed by atoms with van der Waals surface area (Å²) < 4.78 is 2.05. The van der Waals surface area contributed by atoms with Crippen molar-refractivity contribution in [3.05, 3.63) is 36.5 Å². The Morgan fingerprint density at radius 2 is 2.05 bits per heavy atom. The van der Waals surface area contributed by atoms with Gasteiger partial charge in [-0.05, 0) is 30.4 Å². The van der Waals surface area contributed by atoms with Crippen molar-refractivity contribution < 1.29 is 14.7 Å². The van der Waals surface area contributed by atoms with Gasteiger partial charge in [-0.2, -0.15) is 0 Å². The molecule has 0 bridgehead atoms. The SMILES string of the molecule is O=C(CCn1ccc2ccccc21)N[C@H]1CCC[C@H]1C(=O)O. The van der Waals surface area contributed by atoms with Crippen LogP contribution >= 0.6 is 0 Å². The predicted octanol–water partition coefficient (Wildman–Crippen LogP) is 2.40. The Bertz CT molecular complexity index is 692. The number of carboxylic acids is 1.